The molecule has 0 spiro atoms. The van der Waals surface area contributed by atoms with E-state index in [1.165, 1.54) is 22.5 Å². The van der Waals surface area contributed by atoms with Crippen molar-refractivity contribution < 1.29 is 0 Å². The summed E-state index contributed by atoms with van der Waals surface area (Å²) in [5.41, 5.74) is 5.33. The molecule has 0 aromatic carbocycles. The largest absolute Gasteiger partial charge is 0.362 e. The van der Waals surface area contributed by atoms with Crippen LogP contribution in [0.4, 0.5) is 0 Å². The van der Waals surface area contributed by atoms with Crippen LogP contribution in [-0.4, -0.2) is 4.98 Å². The van der Waals surface area contributed by atoms with Gasteiger partial charge < -0.3 is 4.98 Å². The third kappa shape index (κ3) is 2.16. The molecule has 0 aliphatic carbocycles. The van der Waals surface area contributed by atoms with Crippen LogP contribution in [0.15, 0.2) is 18.7 Å². The maximum Gasteiger partial charge on any atom is 0.0193 e. The summed E-state index contributed by atoms with van der Waals surface area (Å²) in [4.78, 5) is 3.41. The molecule has 0 saturated heterocycles. The van der Waals surface area contributed by atoms with Crippen LogP contribution in [0.5, 0.6) is 0 Å². The topological polar surface area (TPSA) is 15.8 Å². The van der Waals surface area contributed by atoms with Crippen LogP contribution < -0.4 is 0 Å². The van der Waals surface area contributed by atoms with Gasteiger partial charge in [-0.25, -0.2) is 0 Å². The standard InChI is InChI=1S/C13H19N/c1-5-7-8-9-12-10(3)13(6-2)14-11(12)4/h5,8-9,14H,1,6-7H2,2-4H3. The summed E-state index contributed by atoms with van der Waals surface area (Å²) >= 11 is 0. The zero-order valence-corrected chi connectivity index (χ0v) is 9.35. The van der Waals surface area contributed by atoms with Gasteiger partial charge in [-0.2, -0.15) is 0 Å². The Hall–Kier alpha value is -1.24. The number of allylic oxidation sites excluding steroid dienone is 2. The van der Waals surface area contributed by atoms with Gasteiger partial charge in [0.05, 0.1) is 0 Å². The number of hydrogen-bond donors (Lipinski definition) is 1. The lowest BCUT2D eigenvalue weighted by Crippen LogP contribution is -1.82. The average Bonchev–Trinajstić information content (AvgIpc) is 2.45. The van der Waals surface area contributed by atoms with Crippen LogP contribution in [0.1, 0.15) is 35.9 Å². The lowest BCUT2D eigenvalue weighted by Gasteiger charge is -1.94. The van der Waals surface area contributed by atoms with Gasteiger partial charge >= 0.3 is 0 Å². The number of H-pyrrole nitrogens is 1. The van der Waals surface area contributed by atoms with E-state index in [4.69, 9.17) is 0 Å². The lowest BCUT2D eigenvalue weighted by molar-refractivity contribution is 1.03. The minimum atomic E-state index is 0.936. The third-order valence-electron chi connectivity index (χ3n) is 2.54. The molecule has 1 N–H and O–H groups in total. The molecule has 14 heavy (non-hydrogen) atoms. The predicted octanol–water partition coefficient (Wildman–Crippen LogP) is 3.78. The molecular formula is C13H19N. The Labute approximate surface area is 86.5 Å². The van der Waals surface area contributed by atoms with Gasteiger partial charge in [0.25, 0.3) is 0 Å². The second-order valence-electron chi connectivity index (χ2n) is 3.55. The first kappa shape index (κ1) is 10.8. The quantitative estimate of drug-likeness (QED) is 0.694. The summed E-state index contributed by atoms with van der Waals surface area (Å²) in [5, 5.41) is 0. The molecule has 1 aromatic rings. The third-order valence-corrected chi connectivity index (χ3v) is 2.54. The molecule has 0 saturated carbocycles. The predicted molar refractivity (Wildman–Crippen MR) is 63.5 cm³/mol. The van der Waals surface area contributed by atoms with Crippen LogP contribution in [0, 0.1) is 13.8 Å². The first-order valence-electron chi connectivity index (χ1n) is 5.16. The number of rotatable bonds is 4. The number of aromatic nitrogens is 1. The Morgan fingerprint density at radius 2 is 2.07 bits per heavy atom. The molecule has 0 bridgehead atoms. The van der Waals surface area contributed by atoms with E-state index in [0.717, 1.165) is 12.8 Å². The summed E-state index contributed by atoms with van der Waals surface area (Å²) in [5.74, 6) is 0. The van der Waals surface area contributed by atoms with Gasteiger partial charge in [-0.05, 0) is 37.8 Å². The first-order valence-corrected chi connectivity index (χ1v) is 5.16. The summed E-state index contributed by atoms with van der Waals surface area (Å²) < 4.78 is 0. The highest BCUT2D eigenvalue weighted by molar-refractivity contribution is 5.58. The molecule has 0 radical (unpaired) electrons. The maximum atomic E-state index is 3.70. The smallest absolute Gasteiger partial charge is 0.0193 e. The Balaban J connectivity index is 2.96. The second-order valence-corrected chi connectivity index (χ2v) is 3.55. The molecule has 0 amide bonds. The van der Waals surface area contributed by atoms with Gasteiger partial charge in [0.2, 0.25) is 0 Å². The van der Waals surface area contributed by atoms with Crippen LogP contribution >= 0.6 is 0 Å². The summed E-state index contributed by atoms with van der Waals surface area (Å²) in [7, 11) is 0. The molecule has 1 aromatic heterocycles. The minimum absolute atomic E-state index is 0.936. The maximum absolute atomic E-state index is 3.70. The Morgan fingerprint density at radius 1 is 1.36 bits per heavy atom. The lowest BCUT2D eigenvalue weighted by atomic mass is 10.1. The monoisotopic (exact) mass is 189 g/mol. The van der Waals surface area contributed by atoms with Gasteiger partial charge in [-0.15, -0.1) is 6.58 Å². The van der Waals surface area contributed by atoms with Crippen molar-refractivity contribution in [2.75, 3.05) is 0 Å². The summed E-state index contributed by atoms with van der Waals surface area (Å²) in [6.07, 6.45) is 8.25. The van der Waals surface area contributed by atoms with Crippen molar-refractivity contribution in [3.8, 4) is 0 Å². The number of aromatic amines is 1. The van der Waals surface area contributed by atoms with Crippen LogP contribution in [0.25, 0.3) is 6.08 Å². The highest BCUT2D eigenvalue weighted by atomic mass is 14.7. The van der Waals surface area contributed by atoms with Crippen molar-refractivity contribution in [1.82, 2.24) is 4.98 Å². The molecule has 1 nitrogen and oxygen atoms in total. The van der Waals surface area contributed by atoms with E-state index >= 15 is 0 Å². The minimum Gasteiger partial charge on any atom is -0.362 e. The molecule has 0 fully saturated rings. The Bertz CT molecular complexity index is 342. The van der Waals surface area contributed by atoms with Gasteiger partial charge in [0.15, 0.2) is 0 Å². The van der Waals surface area contributed by atoms with E-state index in [2.05, 4.69) is 44.5 Å². The molecule has 76 valence electrons. The first-order chi connectivity index (χ1) is 6.70. The number of nitrogens with one attached hydrogen (secondary N) is 1. The Kier molecular flexibility index (Phi) is 3.75. The Morgan fingerprint density at radius 3 is 2.57 bits per heavy atom. The van der Waals surface area contributed by atoms with Gasteiger partial charge in [0, 0.05) is 11.4 Å². The zero-order valence-electron chi connectivity index (χ0n) is 9.35. The van der Waals surface area contributed by atoms with E-state index < -0.39 is 0 Å². The molecule has 1 heteroatoms. The fraction of sp³-hybridized carbons (Fsp3) is 0.385. The van der Waals surface area contributed by atoms with E-state index in [9.17, 15) is 0 Å². The average molecular weight is 189 g/mol. The highest BCUT2D eigenvalue weighted by Gasteiger charge is 2.06. The molecule has 0 aliphatic heterocycles. The van der Waals surface area contributed by atoms with Crippen LogP contribution in [0.3, 0.4) is 0 Å². The van der Waals surface area contributed by atoms with Crippen molar-refractivity contribution in [2.45, 2.75) is 33.6 Å². The normalized spacial score (nSPS) is 11.1. The molecule has 0 atom stereocenters. The van der Waals surface area contributed by atoms with Crippen molar-refractivity contribution in [1.29, 1.82) is 0 Å². The zero-order chi connectivity index (χ0) is 10.6. The van der Waals surface area contributed by atoms with E-state index in [1.54, 1.807) is 0 Å². The fourth-order valence-electron chi connectivity index (χ4n) is 1.72. The summed E-state index contributed by atoms with van der Waals surface area (Å²) in [6.45, 7) is 10.2. The van der Waals surface area contributed by atoms with Crippen molar-refractivity contribution in [2.24, 2.45) is 0 Å². The van der Waals surface area contributed by atoms with Gasteiger partial charge in [-0.1, -0.05) is 25.2 Å². The highest BCUT2D eigenvalue weighted by Crippen LogP contribution is 2.19. The van der Waals surface area contributed by atoms with Crippen LogP contribution in [0.2, 0.25) is 0 Å². The number of hydrogen-bond acceptors (Lipinski definition) is 0. The molecular weight excluding hydrogens is 170 g/mol. The molecule has 0 aliphatic rings. The van der Waals surface area contributed by atoms with Crippen molar-refractivity contribution in [3.05, 3.63) is 41.2 Å². The van der Waals surface area contributed by atoms with Crippen LogP contribution in [-0.2, 0) is 6.42 Å². The second kappa shape index (κ2) is 4.85. The molecule has 1 heterocycles. The summed E-state index contributed by atoms with van der Waals surface area (Å²) in [6, 6.07) is 0. The van der Waals surface area contributed by atoms with Gasteiger partial charge in [0.1, 0.15) is 0 Å². The van der Waals surface area contributed by atoms with E-state index in [0.29, 0.717) is 0 Å². The molecule has 0 unspecified atom stereocenters. The fourth-order valence-corrected chi connectivity index (χ4v) is 1.72. The van der Waals surface area contributed by atoms with Crippen molar-refractivity contribution in [3.63, 3.8) is 0 Å². The van der Waals surface area contributed by atoms with Gasteiger partial charge in [-0.3, -0.25) is 0 Å². The number of aryl methyl sites for hydroxylation is 2. The van der Waals surface area contributed by atoms with E-state index in [1.807, 2.05) is 6.08 Å². The van der Waals surface area contributed by atoms with Crippen molar-refractivity contribution >= 4 is 6.08 Å². The SMILES string of the molecule is C=CCC=Cc1c(C)[nH]c(CC)c1C. The molecule has 1 rings (SSSR count). The van der Waals surface area contributed by atoms with E-state index in [-0.39, 0.29) is 0 Å².